The smallest absolute Gasteiger partial charge is 0 e. The summed E-state index contributed by atoms with van der Waals surface area (Å²) in [6.45, 7) is 13.0. The maximum atomic E-state index is 5.96. The van der Waals surface area contributed by atoms with E-state index in [9.17, 15) is 0 Å². The molecule has 0 aliphatic carbocycles. The van der Waals surface area contributed by atoms with Gasteiger partial charge in [0.05, 0.1) is 0 Å². The summed E-state index contributed by atoms with van der Waals surface area (Å²) in [7, 11) is 0. The van der Waals surface area contributed by atoms with E-state index in [2.05, 4.69) is 26.5 Å². The number of hydrogen-bond acceptors (Lipinski definition) is 0. The van der Waals surface area contributed by atoms with Gasteiger partial charge in [0.1, 0.15) is 0 Å². The summed E-state index contributed by atoms with van der Waals surface area (Å²) in [4.78, 5) is 0. The summed E-state index contributed by atoms with van der Waals surface area (Å²) < 4.78 is 0. The minimum Gasteiger partial charge on any atom is -0.694 e. The van der Waals surface area contributed by atoms with Crippen LogP contribution in [-0.2, 0) is 32.7 Å². The third-order valence-electron chi connectivity index (χ3n) is 0.577. The quantitative estimate of drug-likeness (QED) is 0.343. The van der Waals surface area contributed by atoms with E-state index in [1.165, 1.54) is 5.57 Å². The summed E-state index contributed by atoms with van der Waals surface area (Å²) in [6, 6.07) is 0. The fourth-order valence-electron chi connectivity index (χ4n) is 0. The summed E-state index contributed by atoms with van der Waals surface area (Å²) in [5, 5.41) is 0. The fraction of sp³-hybridized carbons (Fsp3) is 0.455. The SMILES string of the molecule is C=CC.CC=C(C)C.[C-]#CC.[Y]. The third kappa shape index (κ3) is 185. The zero-order chi connectivity index (χ0) is 9.70. The zero-order valence-electron chi connectivity index (χ0n) is 8.94. The summed E-state index contributed by atoms with van der Waals surface area (Å²) in [6.07, 6.45) is 9.79. The Morgan fingerprint density at radius 3 is 1.42 bits per heavy atom. The predicted molar refractivity (Wildman–Crippen MR) is 53.8 cm³/mol. The van der Waals surface area contributed by atoms with Crippen LogP contribution in [-0.4, -0.2) is 0 Å². The van der Waals surface area contributed by atoms with Crippen molar-refractivity contribution in [2.45, 2.75) is 34.6 Å². The number of rotatable bonds is 0. The van der Waals surface area contributed by atoms with Gasteiger partial charge in [0, 0.05) is 32.7 Å². The Balaban J connectivity index is -0.0000000406. The molecule has 0 fully saturated rings. The Kier molecular flexibility index (Phi) is 57.6. The molecule has 0 amide bonds. The molecule has 0 aromatic rings. The Morgan fingerprint density at radius 1 is 1.33 bits per heavy atom. The van der Waals surface area contributed by atoms with Crippen LogP contribution < -0.4 is 0 Å². The van der Waals surface area contributed by atoms with Crippen LogP contribution in [0.25, 0.3) is 0 Å². The average Bonchev–Trinajstić information content (AvgIpc) is 1.91. The van der Waals surface area contributed by atoms with E-state index in [0.717, 1.165) is 0 Å². The minimum absolute atomic E-state index is 0. The van der Waals surface area contributed by atoms with Gasteiger partial charge in [-0.2, -0.15) is 0 Å². The van der Waals surface area contributed by atoms with Gasteiger partial charge in [0.25, 0.3) is 0 Å². The molecular formula is C11H19Y-. The molecule has 0 bridgehead atoms. The first-order valence-electron chi connectivity index (χ1n) is 3.60. The molecule has 0 N–H and O–H groups in total. The van der Waals surface area contributed by atoms with Crippen molar-refractivity contribution in [1.29, 1.82) is 0 Å². The van der Waals surface area contributed by atoms with Crippen molar-refractivity contribution in [3.05, 3.63) is 30.7 Å². The molecule has 0 saturated carbocycles. The normalized spacial score (nSPS) is 4.67. The van der Waals surface area contributed by atoms with Gasteiger partial charge in [-0.3, -0.25) is 0 Å². The molecule has 12 heavy (non-hydrogen) atoms. The van der Waals surface area contributed by atoms with Crippen LogP contribution in [0.4, 0.5) is 0 Å². The molecule has 0 spiro atoms. The van der Waals surface area contributed by atoms with Gasteiger partial charge in [-0.1, -0.05) is 17.7 Å². The molecule has 67 valence electrons. The van der Waals surface area contributed by atoms with E-state index in [0.29, 0.717) is 0 Å². The molecule has 0 atom stereocenters. The first kappa shape index (κ1) is 22.7. The van der Waals surface area contributed by atoms with Gasteiger partial charge in [0.2, 0.25) is 0 Å². The second kappa shape index (κ2) is 30.4. The van der Waals surface area contributed by atoms with Crippen LogP contribution in [0, 0.1) is 12.3 Å². The standard InChI is InChI=1S/C5H10.C3H6.C3H3.Y/c1-4-5(2)3;2*1-3-2;/h4H,1-3H3;3H,1H2,2H3;1H3;/q;;-1;. The molecule has 0 rings (SSSR count). The number of hydrogen-bond donors (Lipinski definition) is 0. The first-order chi connectivity index (χ1) is 5.10. The molecule has 0 aromatic heterocycles. The van der Waals surface area contributed by atoms with Crippen molar-refractivity contribution in [3.63, 3.8) is 0 Å². The molecule has 1 heteroatoms. The maximum absolute atomic E-state index is 5.96. The van der Waals surface area contributed by atoms with Crippen molar-refractivity contribution in [2.24, 2.45) is 0 Å². The van der Waals surface area contributed by atoms with Gasteiger partial charge in [0.15, 0.2) is 0 Å². The van der Waals surface area contributed by atoms with E-state index < -0.39 is 0 Å². The molecule has 0 unspecified atom stereocenters. The second-order valence-electron chi connectivity index (χ2n) is 2.02. The van der Waals surface area contributed by atoms with Gasteiger partial charge in [-0.25, -0.2) is 0 Å². The Labute approximate surface area is 103 Å². The van der Waals surface area contributed by atoms with Crippen molar-refractivity contribution >= 4 is 0 Å². The van der Waals surface area contributed by atoms with E-state index in [4.69, 9.17) is 6.42 Å². The molecule has 0 aliphatic rings. The molecule has 0 heterocycles. The van der Waals surface area contributed by atoms with Crippen molar-refractivity contribution < 1.29 is 32.7 Å². The molecule has 0 aromatic carbocycles. The van der Waals surface area contributed by atoms with Gasteiger partial charge in [-0.15, -0.1) is 6.58 Å². The second-order valence-corrected chi connectivity index (χ2v) is 2.02. The van der Waals surface area contributed by atoms with Crippen LogP contribution >= 0.6 is 0 Å². The summed E-state index contributed by atoms with van der Waals surface area (Å²) in [5.41, 5.74) is 1.38. The third-order valence-corrected chi connectivity index (χ3v) is 0.577. The van der Waals surface area contributed by atoms with Crippen LogP contribution in [0.1, 0.15) is 34.6 Å². The zero-order valence-corrected chi connectivity index (χ0v) is 11.8. The van der Waals surface area contributed by atoms with Crippen LogP contribution in [0.2, 0.25) is 0 Å². The molecule has 1 radical (unpaired) electrons. The van der Waals surface area contributed by atoms with Crippen LogP contribution in [0.3, 0.4) is 0 Å². The van der Waals surface area contributed by atoms with Crippen molar-refractivity contribution in [2.75, 3.05) is 0 Å². The van der Waals surface area contributed by atoms with Gasteiger partial charge in [-0.05, 0) is 34.6 Å². The van der Waals surface area contributed by atoms with E-state index >= 15 is 0 Å². The van der Waals surface area contributed by atoms with Crippen LogP contribution in [0.15, 0.2) is 24.3 Å². The Bertz CT molecular complexity index is 122. The molecule has 0 nitrogen and oxygen atoms in total. The molecule has 0 saturated heterocycles. The van der Waals surface area contributed by atoms with E-state index in [1.54, 1.807) is 13.0 Å². The summed E-state index contributed by atoms with van der Waals surface area (Å²) >= 11 is 0. The van der Waals surface area contributed by atoms with Gasteiger partial charge >= 0.3 is 0 Å². The monoisotopic (exact) mass is 240 g/mol. The van der Waals surface area contributed by atoms with E-state index in [1.807, 2.05) is 19.8 Å². The van der Waals surface area contributed by atoms with Crippen molar-refractivity contribution in [3.8, 4) is 5.92 Å². The number of allylic oxidation sites excluding steroid dienone is 3. The fourth-order valence-corrected chi connectivity index (χ4v) is 0. The maximum Gasteiger partial charge on any atom is 0 e. The molecular weight excluding hydrogens is 221 g/mol. The topological polar surface area (TPSA) is 0 Å². The first-order valence-corrected chi connectivity index (χ1v) is 3.60. The average molecular weight is 240 g/mol. The van der Waals surface area contributed by atoms with E-state index in [-0.39, 0.29) is 32.7 Å². The van der Waals surface area contributed by atoms with Crippen molar-refractivity contribution in [1.82, 2.24) is 0 Å². The van der Waals surface area contributed by atoms with Gasteiger partial charge < -0.3 is 12.3 Å². The predicted octanol–water partition coefficient (Wildman–Crippen LogP) is 3.76. The largest absolute Gasteiger partial charge is 0.694 e. The summed E-state index contributed by atoms with van der Waals surface area (Å²) in [5.74, 6) is 2.00. The Morgan fingerprint density at radius 2 is 1.42 bits per heavy atom. The Hall–Kier alpha value is 0.144. The minimum atomic E-state index is 0. The molecule has 0 aliphatic heterocycles. The van der Waals surface area contributed by atoms with Crippen LogP contribution in [0.5, 0.6) is 0 Å².